The number of halogens is 2. The van der Waals surface area contributed by atoms with Gasteiger partial charge in [0.1, 0.15) is 17.2 Å². The van der Waals surface area contributed by atoms with Gasteiger partial charge in [-0.15, -0.1) is 0 Å². The minimum Gasteiger partial charge on any atom is -0.343 e. The van der Waals surface area contributed by atoms with E-state index >= 15 is 0 Å². The number of imide groups is 2. The lowest BCUT2D eigenvalue weighted by molar-refractivity contribution is -0.122. The van der Waals surface area contributed by atoms with Crippen LogP contribution < -0.4 is 10.2 Å². The number of urea groups is 1. The van der Waals surface area contributed by atoms with Crippen LogP contribution in [0.3, 0.4) is 0 Å². The second-order valence-electron chi connectivity index (χ2n) is 7.80. The van der Waals surface area contributed by atoms with E-state index in [2.05, 4.69) is 5.32 Å². The maximum Gasteiger partial charge on any atom is 0.336 e. The first-order valence-corrected chi connectivity index (χ1v) is 10.4. The summed E-state index contributed by atoms with van der Waals surface area (Å²) < 4.78 is 29.7. The van der Waals surface area contributed by atoms with E-state index in [9.17, 15) is 23.2 Å². The summed E-state index contributed by atoms with van der Waals surface area (Å²) in [4.78, 5) is 38.3. The zero-order valence-electron chi connectivity index (χ0n) is 17.7. The highest BCUT2D eigenvalue weighted by atomic mass is 19.1. The first-order chi connectivity index (χ1) is 16.4. The number of benzene rings is 3. The predicted molar refractivity (Wildman–Crippen MR) is 123 cm³/mol. The highest BCUT2D eigenvalue weighted by Crippen LogP contribution is 2.26. The van der Waals surface area contributed by atoms with E-state index in [4.69, 9.17) is 0 Å². The Kier molecular flexibility index (Phi) is 5.25. The summed E-state index contributed by atoms with van der Waals surface area (Å²) in [5.74, 6) is -2.84. The van der Waals surface area contributed by atoms with Crippen LogP contribution in [0.15, 0.2) is 84.6 Å². The van der Waals surface area contributed by atoms with Gasteiger partial charge in [0.25, 0.3) is 11.8 Å². The summed E-state index contributed by atoms with van der Waals surface area (Å²) >= 11 is 0. The molecule has 4 aromatic rings. The van der Waals surface area contributed by atoms with E-state index < -0.39 is 23.7 Å². The molecule has 168 valence electrons. The second kappa shape index (κ2) is 8.40. The Hall–Kier alpha value is -4.59. The Morgan fingerprint density at radius 3 is 2.50 bits per heavy atom. The second-order valence-corrected chi connectivity index (χ2v) is 7.80. The van der Waals surface area contributed by atoms with Crippen LogP contribution >= 0.6 is 0 Å². The molecule has 0 radical (unpaired) electrons. The van der Waals surface area contributed by atoms with Gasteiger partial charge in [-0.1, -0.05) is 30.3 Å². The van der Waals surface area contributed by atoms with Crippen molar-refractivity contribution in [1.29, 1.82) is 0 Å². The number of amides is 4. The molecule has 1 aliphatic heterocycles. The molecule has 0 bridgehead atoms. The van der Waals surface area contributed by atoms with Gasteiger partial charge in [0.15, 0.2) is 0 Å². The number of hydrogen-bond donors (Lipinski definition) is 1. The van der Waals surface area contributed by atoms with E-state index in [1.54, 1.807) is 18.2 Å². The van der Waals surface area contributed by atoms with Crippen LogP contribution in [0.4, 0.5) is 19.3 Å². The number of anilines is 1. The van der Waals surface area contributed by atoms with Crippen LogP contribution in [0.25, 0.3) is 17.0 Å². The Bertz CT molecular complexity index is 1510. The zero-order valence-corrected chi connectivity index (χ0v) is 17.7. The standard InChI is InChI=1S/C26H17F2N3O3/c27-19-5-3-4-17(13-19)15-30-11-10-18-12-16(8-9-22(18)30)14-20-24(32)29-26(34)31(25(20)33)23-7-2-1-6-21(23)28/h1-14H,15H2,(H,29,32,34)/b20-14-. The van der Waals surface area contributed by atoms with Gasteiger partial charge in [-0.05, 0) is 59.7 Å². The normalized spacial score (nSPS) is 15.3. The number of fused-ring (bicyclic) bond motifs is 1. The van der Waals surface area contributed by atoms with Gasteiger partial charge in [-0.25, -0.2) is 18.5 Å². The van der Waals surface area contributed by atoms with E-state index in [1.165, 1.54) is 36.4 Å². The third-order valence-corrected chi connectivity index (χ3v) is 5.54. The summed E-state index contributed by atoms with van der Waals surface area (Å²) in [7, 11) is 0. The molecule has 4 amide bonds. The topological polar surface area (TPSA) is 71.4 Å². The number of rotatable bonds is 4. The molecule has 1 saturated heterocycles. The largest absolute Gasteiger partial charge is 0.343 e. The van der Waals surface area contributed by atoms with Crippen molar-refractivity contribution in [2.45, 2.75) is 6.54 Å². The molecular formula is C26H17F2N3O3. The van der Waals surface area contributed by atoms with Gasteiger partial charge in [0.05, 0.1) is 5.69 Å². The number of nitrogens with one attached hydrogen (secondary N) is 1. The maximum atomic E-state index is 14.2. The fourth-order valence-corrected chi connectivity index (χ4v) is 3.95. The quantitative estimate of drug-likeness (QED) is 0.359. The molecule has 8 heteroatoms. The molecule has 0 aliphatic carbocycles. The van der Waals surface area contributed by atoms with Crippen LogP contribution in [-0.2, 0) is 16.1 Å². The van der Waals surface area contributed by atoms with Crippen molar-refractivity contribution in [3.63, 3.8) is 0 Å². The first kappa shape index (κ1) is 21.3. The lowest BCUT2D eigenvalue weighted by atomic mass is 10.1. The van der Waals surface area contributed by atoms with Crippen LogP contribution in [-0.4, -0.2) is 22.4 Å². The molecule has 5 rings (SSSR count). The summed E-state index contributed by atoms with van der Waals surface area (Å²) in [6, 6.07) is 17.9. The summed E-state index contributed by atoms with van der Waals surface area (Å²) in [5.41, 5.74) is 1.71. The molecule has 1 N–H and O–H groups in total. The molecular weight excluding hydrogens is 440 g/mol. The monoisotopic (exact) mass is 457 g/mol. The molecule has 0 saturated carbocycles. The van der Waals surface area contributed by atoms with Gasteiger partial charge < -0.3 is 4.57 Å². The molecule has 2 heterocycles. The van der Waals surface area contributed by atoms with Crippen molar-refractivity contribution in [2.75, 3.05) is 4.90 Å². The van der Waals surface area contributed by atoms with Crippen molar-refractivity contribution >= 4 is 40.5 Å². The third-order valence-electron chi connectivity index (χ3n) is 5.54. The Balaban J connectivity index is 1.47. The molecule has 6 nitrogen and oxygen atoms in total. The molecule has 1 aliphatic rings. The Morgan fingerprint density at radius 1 is 0.882 bits per heavy atom. The molecule has 3 aromatic carbocycles. The lowest BCUT2D eigenvalue weighted by Gasteiger charge is -2.26. The number of para-hydroxylation sites is 1. The van der Waals surface area contributed by atoms with Crippen molar-refractivity contribution < 1.29 is 23.2 Å². The van der Waals surface area contributed by atoms with E-state index in [1.807, 2.05) is 29.0 Å². The third kappa shape index (κ3) is 3.86. The smallest absolute Gasteiger partial charge is 0.336 e. The average molecular weight is 457 g/mol. The van der Waals surface area contributed by atoms with Crippen LogP contribution in [0.1, 0.15) is 11.1 Å². The van der Waals surface area contributed by atoms with Crippen molar-refractivity contribution in [3.05, 3.63) is 107 Å². The van der Waals surface area contributed by atoms with E-state index in [0.717, 1.165) is 22.5 Å². The van der Waals surface area contributed by atoms with Gasteiger partial charge >= 0.3 is 6.03 Å². The minimum atomic E-state index is -1.01. The van der Waals surface area contributed by atoms with Crippen molar-refractivity contribution in [1.82, 2.24) is 9.88 Å². The van der Waals surface area contributed by atoms with Crippen molar-refractivity contribution in [2.24, 2.45) is 0 Å². The summed E-state index contributed by atoms with van der Waals surface area (Å²) in [6.45, 7) is 0.475. The SMILES string of the molecule is O=C1NC(=O)N(c2ccccc2F)C(=O)/C1=C\c1ccc2c(ccn2Cc2cccc(F)c2)c1. The predicted octanol–water partition coefficient (Wildman–Crippen LogP) is 4.63. The number of hydrogen-bond acceptors (Lipinski definition) is 3. The fraction of sp³-hybridized carbons (Fsp3) is 0.0385. The van der Waals surface area contributed by atoms with Crippen LogP contribution in [0.2, 0.25) is 0 Å². The Morgan fingerprint density at radius 2 is 1.71 bits per heavy atom. The van der Waals surface area contributed by atoms with Gasteiger partial charge in [0, 0.05) is 23.6 Å². The van der Waals surface area contributed by atoms with Gasteiger partial charge in [-0.3, -0.25) is 14.9 Å². The number of carbonyl (C=O) groups is 3. The van der Waals surface area contributed by atoms with Crippen LogP contribution in [0, 0.1) is 11.6 Å². The average Bonchev–Trinajstić information content (AvgIpc) is 3.19. The first-order valence-electron chi connectivity index (χ1n) is 10.4. The van der Waals surface area contributed by atoms with E-state index in [0.29, 0.717) is 17.0 Å². The van der Waals surface area contributed by atoms with Gasteiger partial charge in [-0.2, -0.15) is 0 Å². The highest BCUT2D eigenvalue weighted by molar-refractivity contribution is 6.39. The molecule has 0 spiro atoms. The number of barbiturate groups is 1. The molecule has 1 aromatic heterocycles. The molecule has 34 heavy (non-hydrogen) atoms. The van der Waals surface area contributed by atoms with Crippen molar-refractivity contribution in [3.8, 4) is 0 Å². The number of carbonyl (C=O) groups excluding carboxylic acids is 3. The van der Waals surface area contributed by atoms with Crippen LogP contribution in [0.5, 0.6) is 0 Å². The molecule has 0 unspecified atom stereocenters. The fourth-order valence-electron chi connectivity index (χ4n) is 3.95. The van der Waals surface area contributed by atoms with E-state index in [-0.39, 0.29) is 17.1 Å². The maximum absolute atomic E-state index is 14.2. The molecule has 0 atom stereocenters. The van der Waals surface area contributed by atoms with Gasteiger partial charge in [0.2, 0.25) is 0 Å². The Labute approximate surface area is 192 Å². The number of aromatic nitrogens is 1. The summed E-state index contributed by atoms with van der Waals surface area (Å²) in [5, 5.41) is 2.93. The minimum absolute atomic E-state index is 0.242. The lowest BCUT2D eigenvalue weighted by Crippen LogP contribution is -2.54. The highest BCUT2D eigenvalue weighted by Gasteiger charge is 2.37. The zero-order chi connectivity index (χ0) is 23.8. The number of nitrogens with zero attached hydrogens (tertiary/aromatic N) is 2. The summed E-state index contributed by atoms with van der Waals surface area (Å²) in [6.07, 6.45) is 3.23. The molecule has 1 fully saturated rings.